The Morgan fingerprint density at radius 2 is 2.00 bits per heavy atom. The molecule has 2 rings (SSSR count). The monoisotopic (exact) mass is 304 g/mol. The van der Waals surface area contributed by atoms with Crippen molar-refractivity contribution in [2.75, 3.05) is 25.4 Å². The van der Waals surface area contributed by atoms with Gasteiger partial charge in [0, 0.05) is 19.6 Å². The number of amides is 2. The van der Waals surface area contributed by atoms with Crippen LogP contribution < -0.4 is 5.32 Å². The van der Waals surface area contributed by atoms with E-state index in [1.165, 1.54) is 4.90 Å². The lowest BCUT2D eigenvalue weighted by atomic mass is 9.99. The molecule has 0 bridgehead atoms. The van der Waals surface area contributed by atoms with Crippen molar-refractivity contribution < 1.29 is 23.1 Å². The molecule has 0 spiro atoms. The minimum absolute atomic E-state index is 0.120. The van der Waals surface area contributed by atoms with Crippen LogP contribution in [0.4, 0.5) is 4.79 Å². The Hall–Kier alpha value is -1.31. The van der Waals surface area contributed by atoms with Crippen molar-refractivity contribution in [3.05, 3.63) is 0 Å². The first kappa shape index (κ1) is 15.1. The molecule has 0 aromatic heterocycles. The normalized spacial score (nSPS) is 29.1. The number of nitrogens with one attached hydrogen (secondary N) is 1. The van der Waals surface area contributed by atoms with Crippen LogP contribution in [0.15, 0.2) is 0 Å². The molecule has 20 heavy (non-hydrogen) atoms. The number of likely N-dealkylation sites (tertiary alicyclic amines) is 1. The van der Waals surface area contributed by atoms with Crippen molar-refractivity contribution in [3.8, 4) is 0 Å². The number of carbonyl (C=O) groups excluding carboxylic acids is 1. The molecule has 7 nitrogen and oxygen atoms in total. The maximum Gasteiger partial charge on any atom is 0.317 e. The zero-order valence-electron chi connectivity index (χ0n) is 11.2. The van der Waals surface area contributed by atoms with Crippen LogP contribution in [0, 0.1) is 5.92 Å². The number of hydrogen-bond donors (Lipinski definition) is 2. The molecule has 2 fully saturated rings. The molecule has 0 aliphatic carbocycles. The Labute approximate surface area is 118 Å². The first-order valence-electron chi connectivity index (χ1n) is 6.87. The maximum absolute atomic E-state index is 12.0. The van der Waals surface area contributed by atoms with E-state index in [1.54, 1.807) is 0 Å². The zero-order chi connectivity index (χ0) is 14.8. The predicted octanol–water partition coefficient (Wildman–Crippen LogP) is 0.0698. The summed E-state index contributed by atoms with van der Waals surface area (Å²) in [6, 6.07) is -0.363. The summed E-state index contributed by atoms with van der Waals surface area (Å²) in [6.07, 6.45) is 2.47. The number of rotatable bonds is 3. The molecule has 0 saturated carbocycles. The Morgan fingerprint density at radius 1 is 1.25 bits per heavy atom. The summed E-state index contributed by atoms with van der Waals surface area (Å²) in [5, 5.41) is 11.1. The van der Waals surface area contributed by atoms with Crippen LogP contribution in [0.25, 0.3) is 0 Å². The lowest BCUT2D eigenvalue weighted by Gasteiger charge is -2.31. The highest BCUT2D eigenvalue weighted by Crippen LogP contribution is 2.20. The van der Waals surface area contributed by atoms with Gasteiger partial charge in [0.25, 0.3) is 0 Å². The summed E-state index contributed by atoms with van der Waals surface area (Å²) in [6.45, 7) is 0.834. The first-order chi connectivity index (χ1) is 9.40. The molecule has 2 aliphatic heterocycles. The Kier molecular flexibility index (Phi) is 4.52. The third kappa shape index (κ3) is 3.41. The molecule has 0 radical (unpaired) electrons. The minimum atomic E-state index is -3.07. The average Bonchev–Trinajstić information content (AvgIpc) is 2.75. The Balaban J connectivity index is 1.84. The third-order valence-electron chi connectivity index (χ3n) is 4.00. The number of carboxylic acid groups (broad SMARTS) is 1. The maximum atomic E-state index is 12.0. The highest BCUT2D eigenvalue weighted by Gasteiger charge is 2.33. The number of carboxylic acids is 1. The molecule has 2 heterocycles. The number of carbonyl (C=O) groups is 2. The molecule has 2 aliphatic rings. The van der Waals surface area contributed by atoms with Crippen LogP contribution in [0.1, 0.15) is 25.7 Å². The summed E-state index contributed by atoms with van der Waals surface area (Å²) in [7, 11) is -3.07. The first-order valence-corrected chi connectivity index (χ1v) is 8.59. The van der Waals surface area contributed by atoms with Gasteiger partial charge in [-0.2, -0.15) is 0 Å². The molecule has 2 atom stereocenters. The number of hydrogen-bond acceptors (Lipinski definition) is 4. The van der Waals surface area contributed by atoms with Crippen molar-refractivity contribution >= 4 is 21.8 Å². The molecule has 114 valence electrons. The van der Waals surface area contributed by atoms with Gasteiger partial charge < -0.3 is 15.3 Å². The molecule has 2 saturated heterocycles. The third-order valence-corrected chi connectivity index (χ3v) is 6.28. The zero-order valence-corrected chi connectivity index (χ0v) is 12.1. The van der Waals surface area contributed by atoms with Gasteiger partial charge in [-0.15, -0.1) is 0 Å². The molecule has 8 heteroatoms. The summed E-state index contributed by atoms with van der Waals surface area (Å²) < 4.78 is 23.3. The largest absolute Gasteiger partial charge is 0.481 e. The summed E-state index contributed by atoms with van der Waals surface area (Å²) in [4.78, 5) is 24.4. The topological polar surface area (TPSA) is 104 Å². The van der Waals surface area contributed by atoms with Gasteiger partial charge >= 0.3 is 12.0 Å². The standard InChI is InChI=1S/C12H20N2O5S/c15-11(16)9-3-1-5-14(8-9)12(17)13-7-10-4-2-6-20(10,18)19/h9-10H,1-8H2,(H,13,17)(H,15,16). The Bertz CT molecular complexity index is 490. The highest BCUT2D eigenvalue weighted by atomic mass is 32.2. The van der Waals surface area contributed by atoms with E-state index < -0.39 is 27.0 Å². The van der Waals surface area contributed by atoms with Crippen molar-refractivity contribution in [2.24, 2.45) is 5.92 Å². The molecular weight excluding hydrogens is 284 g/mol. The van der Waals surface area contributed by atoms with Crippen LogP contribution in [0.2, 0.25) is 0 Å². The van der Waals surface area contributed by atoms with Crippen molar-refractivity contribution in [2.45, 2.75) is 30.9 Å². The van der Waals surface area contributed by atoms with Gasteiger partial charge in [0.15, 0.2) is 9.84 Å². The molecule has 0 aromatic rings. The van der Waals surface area contributed by atoms with Gasteiger partial charge in [-0.1, -0.05) is 0 Å². The fourth-order valence-corrected chi connectivity index (χ4v) is 4.53. The van der Waals surface area contributed by atoms with E-state index in [4.69, 9.17) is 5.11 Å². The summed E-state index contributed by atoms with van der Waals surface area (Å²) in [5.41, 5.74) is 0. The summed E-state index contributed by atoms with van der Waals surface area (Å²) in [5.74, 6) is -1.22. The van der Waals surface area contributed by atoms with Gasteiger partial charge in [-0.05, 0) is 25.7 Å². The van der Waals surface area contributed by atoms with Gasteiger partial charge in [-0.25, -0.2) is 13.2 Å². The number of nitrogens with zero attached hydrogens (tertiary/aromatic N) is 1. The number of aliphatic carboxylic acids is 1. The van der Waals surface area contributed by atoms with E-state index in [2.05, 4.69) is 5.32 Å². The molecule has 2 N–H and O–H groups in total. The SMILES string of the molecule is O=C(O)C1CCCN(C(=O)NCC2CCCS2(=O)=O)C1. The van der Waals surface area contributed by atoms with Crippen LogP contribution in [0.3, 0.4) is 0 Å². The van der Waals surface area contributed by atoms with Gasteiger partial charge in [0.1, 0.15) is 0 Å². The van der Waals surface area contributed by atoms with E-state index in [0.717, 1.165) is 0 Å². The fraction of sp³-hybridized carbons (Fsp3) is 0.833. The number of urea groups is 1. The van der Waals surface area contributed by atoms with Crippen LogP contribution in [0.5, 0.6) is 0 Å². The number of piperidine rings is 1. The second-order valence-corrected chi connectivity index (χ2v) is 7.84. The van der Waals surface area contributed by atoms with E-state index >= 15 is 0 Å². The van der Waals surface area contributed by atoms with Gasteiger partial charge in [0.2, 0.25) is 0 Å². The van der Waals surface area contributed by atoms with Crippen molar-refractivity contribution in [1.29, 1.82) is 0 Å². The highest BCUT2D eigenvalue weighted by molar-refractivity contribution is 7.92. The fourth-order valence-electron chi connectivity index (χ4n) is 2.76. The second-order valence-electron chi connectivity index (χ2n) is 5.44. The quantitative estimate of drug-likeness (QED) is 0.768. The van der Waals surface area contributed by atoms with E-state index in [-0.39, 0.29) is 24.9 Å². The van der Waals surface area contributed by atoms with Crippen molar-refractivity contribution in [3.63, 3.8) is 0 Å². The van der Waals surface area contributed by atoms with Gasteiger partial charge in [-0.3, -0.25) is 4.79 Å². The minimum Gasteiger partial charge on any atom is -0.481 e. The smallest absolute Gasteiger partial charge is 0.317 e. The van der Waals surface area contributed by atoms with E-state index in [0.29, 0.717) is 32.2 Å². The van der Waals surface area contributed by atoms with Crippen molar-refractivity contribution in [1.82, 2.24) is 10.2 Å². The molecule has 2 amide bonds. The van der Waals surface area contributed by atoms with Crippen LogP contribution in [-0.4, -0.2) is 61.1 Å². The summed E-state index contributed by atoms with van der Waals surface area (Å²) >= 11 is 0. The Morgan fingerprint density at radius 3 is 2.60 bits per heavy atom. The lowest BCUT2D eigenvalue weighted by molar-refractivity contribution is -0.143. The van der Waals surface area contributed by atoms with E-state index in [9.17, 15) is 18.0 Å². The second kappa shape index (κ2) is 5.99. The predicted molar refractivity (Wildman–Crippen MR) is 72.1 cm³/mol. The molecule has 2 unspecified atom stereocenters. The van der Waals surface area contributed by atoms with Crippen LogP contribution >= 0.6 is 0 Å². The molecular formula is C12H20N2O5S. The van der Waals surface area contributed by atoms with Crippen LogP contribution in [-0.2, 0) is 14.6 Å². The average molecular weight is 304 g/mol. The van der Waals surface area contributed by atoms with Gasteiger partial charge in [0.05, 0.1) is 16.9 Å². The van der Waals surface area contributed by atoms with E-state index in [1.807, 2.05) is 0 Å². The lowest BCUT2D eigenvalue weighted by Crippen LogP contribution is -2.48. The molecule has 0 aromatic carbocycles. The number of sulfone groups is 1.